The van der Waals surface area contributed by atoms with Gasteiger partial charge in [0.15, 0.2) is 0 Å². The number of nitrogens with one attached hydrogen (secondary N) is 1. The molecule has 0 saturated heterocycles. The molecule has 0 saturated carbocycles. The topological polar surface area (TPSA) is 85.3 Å². The van der Waals surface area contributed by atoms with E-state index in [1.807, 2.05) is 24.3 Å². The largest absolute Gasteiger partial charge is 0.347 e. The van der Waals surface area contributed by atoms with E-state index in [-0.39, 0.29) is 30.7 Å². The average molecular weight is 368 g/mol. The molecule has 0 spiro atoms. The second-order valence-corrected chi connectivity index (χ2v) is 5.04. The third-order valence-electron chi connectivity index (χ3n) is 3.50. The van der Waals surface area contributed by atoms with E-state index in [9.17, 15) is 4.79 Å². The molecule has 2 heterocycles. The van der Waals surface area contributed by atoms with Gasteiger partial charge in [0.05, 0.1) is 5.69 Å². The van der Waals surface area contributed by atoms with E-state index in [0.717, 1.165) is 11.1 Å². The van der Waals surface area contributed by atoms with Gasteiger partial charge in [0, 0.05) is 25.5 Å². The molecule has 2 aromatic heterocycles. The molecule has 3 rings (SSSR count). The molecular weight excluding hydrogens is 349 g/mol. The molecule has 3 aromatic rings. The Morgan fingerprint density at radius 1 is 1.21 bits per heavy atom. The van der Waals surface area contributed by atoms with Crippen molar-refractivity contribution in [2.75, 3.05) is 0 Å². The quantitative estimate of drug-likeness (QED) is 0.740. The number of hydrogen-bond donors (Lipinski definition) is 2. The van der Waals surface area contributed by atoms with Gasteiger partial charge < -0.3 is 11.1 Å². The molecule has 1 aromatic carbocycles. The molecule has 0 aliphatic heterocycles. The maximum Gasteiger partial charge on any atom is 0.270 e. The van der Waals surface area contributed by atoms with Crippen molar-refractivity contribution in [2.45, 2.75) is 20.0 Å². The summed E-state index contributed by atoms with van der Waals surface area (Å²) >= 11 is 0. The molecule has 0 fully saturated rings. The minimum atomic E-state index is -0.166. The summed E-state index contributed by atoms with van der Waals surface area (Å²) in [5.74, 6) is 0.360. The van der Waals surface area contributed by atoms with Crippen molar-refractivity contribution in [1.82, 2.24) is 19.7 Å². The number of carbonyl (C=O) groups is 1. The highest BCUT2D eigenvalue weighted by Gasteiger charge is 2.16. The lowest BCUT2D eigenvalue weighted by Gasteiger charge is -2.06. The van der Waals surface area contributed by atoms with E-state index in [0.29, 0.717) is 30.3 Å². The number of nitrogens with zero attached hydrogens (tertiary/aromatic N) is 3. The van der Waals surface area contributed by atoms with E-state index in [1.165, 1.54) is 0 Å². The van der Waals surface area contributed by atoms with Crippen molar-refractivity contribution in [2.24, 2.45) is 5.73 Å². The van der Waals surface area contributed by atoms with Crippen LogP contribution in [-0.2, 0) is 13.1 Å². The number of aryl methyl sites for hydroxylation is 1. The number of carbonyl (C=O) groups excluding carboxylic acids is 1. The molecular formula is C16H19Cl2N5O. The van der Waals surface area contributed by atoms with Crippen molar-refractivity contribution < 1.29 is 4.79 Å². The summed E-state index contributed by atoms with van der Waals surface area (Å²) in [5, 5.41) is 2.91. The van der Waals surface area contributed by atoms with Crippen molar-refractivity contribution in [3.8, 4) is 0 Å². The molecule has 0 aliphatic carbocycles. The number of amides is 1. The molecule has 6 nitrogen and oxygen atoms in total. The summed E-state index contributed by atoms with van der Waals surface area (Å²) in [6.07, 6.45) is 3.44. The van der Waals surface area contributed by atoms with Gasteiger partial charge in [-0.05, 0) is 24.1 Å². The Morgan fingerprint density at radius 2 is 1.88 bits per heavy atom. The molecule has 1 amide bonds. The summed E-state index contributed by atoms with van der Waals surface area (Å²) in [4.78, 5) is 20.8. The Balaban J connectivity index is 0.00000144. The molecule has 8 heteroatoms. The third kappa shape index (κ3) is 4.03. The van der Waals surface area contributed by atoms with Crippen LogP contribution in [0.3, 0.4) is 0 Å². The summed E-state index contributed by atoms with van der Waals surface area (Å²) < 4.78 is 1.70. The van der Waals surface area contributed by atoms with Crippen LogP contribution in [0.4, 0.5) is 0 Å². The highest BCUT2D eigenvalue weighted by Crippen LogP contribution is 2.10. The second kappa shape index (κ2) is 8.63. The molecule has 0 bridgehead atoms. The number of nitrogens with two attached hydrogens (primary N) is 1. The van der Waals surface area contributed by atoms with Crippen molar-refractivity contribution in [1.29, 1.82) is 0 Å². The molecule has 3 N–H and O–H groups in total. The number of rotatable bonds is 4. The lowest BCUT2D eigenvalue weighted by molar-refractivity contribution is 0.0944. The molecule has 0 radical (unpaired) electrons. The average Bonchev–Trinajstić information content (AvgIpc) is 2.89. The first-order valence-corrected chi connectivity index (χ1v) is 7.05. The predicted molar refractivity (Wildman–Crippen MR) is 97.7 cm³/mol. The Kier molecular flexibility index (Phi) is 7.16. The first-order chi connectivity index (χ1) is 10.7. The van der Waals surface area contributed by atoms with E-state index >= 15 is 0 Å². The number of benzene rings is 1. The summed E-state index contributed by atoms with van der Waals surface area (Å²) in [6.45, 7) is 2.77. The summed E-state index contributed by atoms with van der Waals surface area (Å²) in [6, 6.07) is 9.63. The van der Waals surface area contributed by atoms with Crippen molar-refractivity contribution in [3.63, 3.8) is 0 Å². The zero-order valence-corrected chi connectivity index (χ0v) is 14.7. The first kappa shape index (κ1) is 19.9. The summed E-state index contributed by atoms with van der Waals surface area (Å²) in [7, 11) is 0. The smallest absolute Gasteiger partial charge is 0.270 e. The second-order valence-electron chi connectivity index (χ2n) is 5.04. The number of halogens is 2. The fraction of sp³-hybridized carbons (Fsp3) is 0.188. The van der Waals surface area contributed by atoms with E-state index < -0.39 is 0 Å². The number of imidazole rings is 1. The van der Waals surface area contributed by atoms with Gasteiger partial charge in [0.25, 0.3) is 5.91 Å². The molecule has 0 atom stereocenters. The van der Waals surface area contributed by atoms with Gasteiger partial charge >= 0.3 is 0 Å². The molecule has 24 heavy (non-hydrogen) atoms. The maximum absolute atomic E-state index is 12.4. The standard InChI is InChI=1S/C16H17N5O.2ClH/c1-11-14(21-8-2-7-18-16(21)20-11)15(22)19-10-13-5-3-12(9-17)4-6-13;;/h2-8H,9-10,17H2,1H3,(H,19,22);2*1H. The van der Waals surface area contributed by atoms with E-state index in [2.05, 4.69) is 15.3 Å². The Labute approximate surface area is 152 Å². The first-order valence-electron chi connectivity index (χ1n) is 7.05. The zero-order chi connectivity index (χ0) is 15.5. The molecule has 0 aliphatic rings. The van der Waals surface area contributed by atoms with Gasteiger partial charge in [-0.15, -0.1) is 24.8 Å². The highest BCUT2D eigenvalue weighted by atomic mass is 35.5. The SMILES string of the molecule is Cc1nc2ncccn2c1C(=O)NCc1ccc(CN)cc1.Cl.Cl. The Morgan fingerprint density at radius 3 is 2.54 bits per heavy atom. The fourth-order valence-electron chi connectivity index (χ4n) is 2.33. The van der Waals surface area contributed by atoms with Gasteiger partial charge in [-0.1, -0.05) is 24.3 Å². The minimum Gasteiger partial charge on any atom is -0.347 e. The lowest BCUT2D eigenvalue weighted by atomic mass is 10.1. The van der Waals surface area contributed by atoms with Crippen LogP contribution in [0.5, 0.6) is 0 Å². The van der Waals surface area contributed by atoms with Gasteiger partial charge in [0.1, 0.15) is 5.69 Å². The van der Waals surface area contributed by atoms with E-state index in [4.69, 9.17) is 5.73 Å². The van der Waals surface area contributed by atoms with Crippen LogP contribution in [0, 0.1) is 6.92 Å². The zero-order valence-electron chi connectivity index (χ0n) is 13.1. The van der Waals surface area contributed by atoms with Crippen molar-refractivity contribution in [3.05, 3.63) is 65.2 Å². The monoisotopic (exact) mass is 367 g/mol. The van der Waals surface area contributed by atoms with E-state index in [1.54, 1.807) is 29.8 Å². The Bertz CT molecular complexity index is 817. The van der Waals surface area contributed by atoms with Crippen LogP contribution in [0.15, 0.2) is 42.7 Å². The number of hydrogen-bond acceptors (Lipinski definition) is 4. The number of fused-ring (bicyclic) bond motifs is 1. The van der Waals surface area contributed by atoms with Crippen LogP contribution in [-0.4, -0.2) is 20.3 Å². The normalized spacial score (nSPS) is 9.92. The maximum atomic E-state index is 12.4. The van der Waals surface area contributed by atoms with Gasteiger partial charge in [-0.25, -0.2) is 9.97 Å². The highest BCUT2D eigenvalue weighted by molar-refractivity contribution is 5.94. The van der Waals surface area contributed by atoms with Crippen molar-refractivity contribution >= 4 is 36.5 Å². The third-order valence-corrected chi connectivity index (χ3v) is 3.50. The van der Waals surface area contributed by atoms with Crippen LogP contribution in [0.1, 0.15) is 27.3 Å². The Hall–Kier alpha value is -2.15. The van der Waals surface area contributed by atoms with Crippen LogP contribution in [0.25, 0.3) is 5.78 Å². The van der Waals surface area contributed by atoms with Crippen LogP contribution in [0.2, 0.25) is 0 Å². The van der Waals surface area contributed by atoms with Crippen LogP contribution >= 0.6 is 24.8 Å². The predicted octanol–water partition coefficient (Wildman–Crippen LogP) is 2.27. The van der Waals surface area contributed by atoms with Gasteiger partial charge in [0.2, 0.25) is 5.78 Å². The lowest BCUT2D eigenvalue weighted by Crippen LogP contribution is -2.25. The molecule has 128 valence electrons. The minimum absolute atomic E-state index is 0. The molecule has 0 unspecified atom stereocenters. The summed E-state index contributed by atoms with van der Waals surface area (Å²) in [5.41, 5.74) is 8.84. The number of aromatic nitrogens is 3. The fourth-order valence-corrected chi connectivity index (χ4v) is 2.33. The van der Waals surface area contributed by atoms with Crippen LogP contribution < -0.4 is 11.1 Å². The van der Waals surface area contributed by atoms with Gasteiger partial charge in [-0.3, -0.25) is 9.20 Å². The van der Waals surface area contributed by atoms with Gasteiger partial charge in [-0.2, -0.15) is 0 Å².